The second-order valence-corrected chi connectivity index (χ2v) is 7.64. The number of benzene rings is 1. The summed E-state index contributed by atoms with van der Waals surface area (Å²) in [5, 5.41) is 12.3. The number of fused-ring (bicyclic) bond motifs is 1. The lowest BCUT2D eigenvalue weighted by Gasteiger charge is -2.24. The number of hydrogen-bond acceptors (Lipinski definition) is 5. The Morgan fingerprint density at radius 3 is 2.57 bits per heavy atom. The first-order chi connectivity index (χ1) is 13.3. The molecule has 0 bridgehead atoms. The SMILES string of the molecule is CC[C@@H](C)[C@H](NC(=O)[C@H](CCSC)n1c(=O)[nH]c2ccccc2c1=O)C(=O)O. The molecule has 0 unspecified atom stereocenters. The molecule has 8 nitrogen and oxygen atoms in total. The number of hydrogen-bond donors (Lipinski definition) is 3. The molecule has 0 saturated heterocycles. The summed E-state index contributed by atoms with van der Waals surface area (Å²) < 4.78 is 0.892. The minimum absolute atomic E-state index is 0.223. The number of thioether (sulfide) groups is 1. The first kappa shape index (κ1) is 21.7. The van der Waals surface area contributed by atoms with Crippen LogP contribution < -0.4 is 16.6 Å². The van der Waals surface area contributed by atoms with Gasteiger partial charge in [-0.15, -0.1) is 0 Å². The van der Waals surface area contributed by atoms with Gasteiger partial charge in [-0.2, -0.15) is 11.8 Å². The molecule has 3 atom stereocenters. The maximum Gasteiger partial charge on any atom is 0.329 e. The van der Waals surface area contributed by atoms with Crippen molar-refractivity contribution in [2.45, 2.75) is 38.8 Å². The van der Waals surface area contributed by atoms with E-state index < -0.39 is 35.2 Å². The van der Waals surface area contributed by atoms with Crippen LogP contribution in [0.25, 0.3) is 10.9 Å². The van der Waals surface area contributed by atoms with E-state index in [1.807, 2.05) is 13.2 Å². The fourth-order valence-corrected chi connectivity index (χ4v) is 3.46. The average Bonchev–Trinajstić information content (AvgIpc) is 2.67. The molecule has 152 valence electrons. The third-order valence-corrected chi connectivity index (χ3v) is 5.47. The minimum atomic E-state index is -1.15. The quantitative estimate of drug-likeness (QED) is 0.580. The molecule has 1 heterocycles. The number of nitrogens with one attached hydrogen (secondary N) is 2. The third-order valence-electron chi connectivity index (χ3n) is 4.82. The van der Waals surface area contributed by atoms with Gasteiger partial charge in [-0.05, 0) is 36.5 Å². The standard InChI is InChI=1S/C19H25N3O5S/c1-4-11(2)15(18(25)26)21-16(23)14(9-10-28-3)22-17(24)12-7-5-6-8-13(12)20-19(22)27/h5-8,11,14-15H,4,9-10H2,1-3H3,(H,20,27)(H,21,23)(H,25,26)/t11-,14+,15+/m1/s1. The normalized spacial score (nSPS) is 14.4. The zero-order valence-electron chi connectivity index (χ0n) is 16.1. The van der Waals surface area contributed by atoms with Crippen LogP contribution in [0, 0.1) is 5.92 Å². The van der Waals surface area contributed by atoms with Gasteiger partial charge in [-0.3, -0.25) is 9.59 Å². The number of aliphatic carboxylic acids is 1. The molecule has 2 aromatic rings. The van der Waals surface area contributed by atoms with Crippen molar-refractivity contribution >= 4 is 34.5 Å². The van der Waals surface area contributed by atoms with Crippen LogP contribution in [0.3, 0.4) is 0 Å². The average molecular weight is 407 g/mol. The van der Waals surface area contributed by atoms with E-state index in [9.17, 15) is 24.3 Å². The first-order valence-corrected chi connectivity index (χ1v) is 10.5. The highest BCUT2D eigenvalue weighted by Gasteiger charge is 2.31. The van der Waals surface area contributed by atoms with Gasteiger partial charge in [0.15, 0.2) is 0 Å². The summed E-state index contributed by atoms with van der Waals surface area (Å²) in [4.78, 5) is 52.6. The molecule has 2 rings (SSSR count). The van der Waals surface area contributed by atoms with Gasteiger partial charge < -0.3 is 15.4 Å². The van der Waals surface area contributed by atoms with E-state index in [0.29, 0.717) is 23.1 Å². The summed E-state index contributed by atoms with van der Waals surface area (Å²) in [6.45, 7) is 3.56. The molecule has 28 heavy (non-hydrogen) atoms. The molecule has 0 radical (unpaired) electrons. The Morgan fingerprint density at radius 2 is 1.96 bits per heavy atom. The molecule has 9 heteroatoms. The number of carboxylic acid groups (broad SMARTS) is 1. The molecular weight excluding hydrogens is 382 g/mol. The lowest BCUT2D eigenvalue weighted by molar-refractivity contribution is -0.143. The van der Waals surface area contributed by atoms with Gasteiger partial charge in [0.1, 0.15) is 12.1 Å². The molecule has 0 spiro atoms. The Labute approximate surface area is 166 Å². The van der Waals surface area contributed by atoms with Crippen molar-refractivity contribution in [3.8, 4) is 0 Å². The maximum absolute atomic E-state index is 12.9. The Hall–Kier alpha value is -2.55. The number of aromatic nitrogens is 2. The topological polar surface area (TPSA) is 121 Å². The van der Waals surface area contributed by atoms with Crippen LogP contribution in [0.1, 0.15) is 32.7 Å². The molecule has 0 saturated carbocycles. The van der Waals surface area contributed by atoms with E-state index in [-0.39, 0.29) is 12.3 Å². The van der Waals surface area contributed by atoms with E-state index in [0.717, 1.165) is 4.57 Å². The summed E-state index contributed by atoms with van der Waals surface area (Å²) in [5.74, 6) is -1.57. The van der Waals surface area contributed by atoms with Gasteiger partial charge in [0, 0.05) is 0 Å². The second kappa shape index (κ2) is 9.59. The van der Waals surface area contributed by atoms with E-state index in [1.54, 1.807) is 31.2 Å². The number of aromatic amines is 1. The molecule has 1 aromatic carbocycles. The van der Waals surface area contributed by atoms with Crippen LogP contribution in [0.15, 0.2) is 33.9 Å². The monoisotopic (exact) mass is 407 g/mol. The first-order valence-electron chi connectivity index (χ1n) is 9.07. The number of nitrogens with zero attached hydrogens (tertiary/aromatic N) is 1. The predicted octanol–water partition coefficient (Wildman–Crippen LogP) is 1.60. The van der Waals surface area contributed by atoms with Crippen LogP contribution in [-0.2, 0) is 9.59 Å². The van der Waals surface area contributed by atoms with Crippen molar-refractivity contribution in [2.24, 2.45) is 5.92 Å². The zero-order valence-corrected chi connectivity index (χ0v) is 16.9. The van der Waals surface area contributed by atoms with Crippen molar-refractivity contribution in [1.82, 2.24) is 14.9 Å². The summed E-state index contributed by atoms with van der Waals surface area (Å²) in [6.07, 6.45) is 2.63. The Morgan fingerprint density at radius 1 is 1.29 bits per heavy atom. The summed E-state index contributed by atoms with van der Waals surface area (Å²) in [6, 6.07) is 4.37. The molecule has 1 amide bonds. The van der Waals surface area contributed by atoms with Crippen molar-refractivity contribution in [2.75, 3.05) is 12.0 Å². The van der Waals surface area contributed by atoms with E-state index in [4.69, 9.17) is 0 Å². The highest BCUT2D eigenvalue weighted by atomic mass is 32.2. The predicted molar refractivity (Wildman–Crippen MR) is 110 cm³/mol. The van der Waals surface area contributed by atoms with Crippen molar-refractivity contribution in [3.63, 3.8) is 0 Å². The smallest absolute Gasteiger partial charge is 0.329 e. The number of carbonyl (C=O) groups excluding carboxylic acids is 1. The number of rotatable bonds is 9. The molecule has 3 N–H and O–H groups in total. The Balaban J connectivity index is 2.50. The molecule has 0 aliphatic carbocycles. The summed E-state index contributed by atoms with van der Waals surface area (Å²) >= 11 is 1.47. The van der Waals surface area contributed by atoms with Gasteiger partial charge in [-0.1, -0.05) is 32.4 Å². The molecule has 0 aliphatic heterocycles. The number of para-hydroxylation sites is 1. The molecular formula is C19H25N3O5S. The Bertz CT molecular complexity index is 968. The fraction of sp³-hybridized carbons (Fsp3) is 0.474. The lowest BCUT2D eigenvalue weighted by Crippen LogP contribution is -2.51. The van der Waals surface area contributed by atoms with Crippen LogP contribution in [-0.4, -0.2) is 44.6 Å². The molecule has 1 aromatic heterocycles. The highest BCUT2D eigenvalue weighted by Crippen LogP contribution is 2.15. The molecule has 0 aliphatic rings. The second-order valence-electron chi connectivity index (χ2n) is 6.66. The Kier molecular flexibility index (Phi) is 7.45. The maximum atomic E-state index is 12.9. The number of carboxylic acids is 1. The van der Waals surface area contributed by atoms with Crippen LogP contribution in [0.4, 0.5) is 0 Å². The van der Waals surface area contributed by atoms with Crippen molar-refractivity contribution < 1.29 is 14.7 Å². The van der Waals surface area contributed by atoms with E-state index in [2.05, 4.69) is 10.3 Å². The largest absolute Gasteiger partial charge is 0.480 e. The summed E-state index contributed by atoms with van der Waals surface area (Å²) in [7, 11) is 0. The lowest BCUT2D eigenvalue weighted by atomic mass is 9.98. The van der Waals surface area contributed by atoms with Crippen LogP contribution >= 0.6 is 11.8 Å². The number of carbonyl (C=O) groups is 2. The van der Waals surface area contributed by atoms with Gasteiger partial charge in [0.05, 0.1) is 10.9 Å². The molecule has 0 fully saturated rings. The highest BCUT2D eigenvalue weighted by molar-refractivity contribution is 7.98. The zero-order chi connectivity index (χ0) is 20.8. The number of H-pyrrole nitrogens is 1. The minimum Gasteiger partial charge on any atom is -0.480 e. The number of amides is 1. The van der Waals surface area contributed by atoms with Gasteiger partial charge in [0.2, 0.25) is 5.91 Å². The van der Waals surface area contributed by atoms with E-state index in [1.165, 1.54) is 11.8 Å². The fourth-order valence-electron chi connectivity index (χ4n) is 3.00. The van der Waals surface area contributed by atoms with Crippen molar-refractivity contribution in [3.05, 3.63) is 45.1 Å². The van der Waals surface area contributed by atoms with Crippen LogP contribution in [0.5, 0.6) is 0 Å². The summed E-state index contributed by atoms with van der Waals surface area (Å²) in [5.41, 5.74) is -0.878. The van der Waals surface area contributed by atoms with Gasteiger partial charge in [0.25, 0.3) is 5.56 Å². The van der Waals surface area contributed by atoms with Crippen molar-refractivity contribution in [1.29, 1.82) is 0 Å². The third kappa shape index (κ3) is 4.64. The van der Waals surface area contributed by atoms with E-state index >= 15 is 0 Å². The van der Waals surface area contributed by atoms with Crippen LogP contribution in [0.2, 0.25) is 0 Å². The van der Waals surface area contributed by atoms with Gasteiger partial charge >= 0.3 is 11.7 Å². The van der Waals surface area contributed by atoms with Gasteiger partial charge in [-0.25, -0.2) is 14.2 Å².